The van der Waals surface area contributed by atoms with Crippen LogP contribution in [0.1, 0.15) is 136 Å². The Morgan fingerprint density at radius 3 is 1.40 bits per heavy atom. The van der Waals surface area contributed by atoms with Crippen molar-refractivity contribution >= 4 is 5.91 Å². The van der Waals surface area contributed by atoms with Crippen LogP contribution < -0.4 is 5.32 Å². The summed E-state index contributed by atoms with van der Waals surface area (Å²) in [6.45, 7) is 1.60. The first-order valence-corrected chi connectivity index (χ1v) is 23.3. The number of ether oxygens (including phenoxy) is 6. The number of hydrogen-bond acceptors (Lipinski definition) is 18. The normalized spacial score (nSPS) is 35.1. The molecule has 0 aromatic rings. The molecule has 3 rings (SSSR count). The van der Waals surface area contributed by atoms with Crippen molar-refractivity contribution in [3.8, 4) is 0 Å². The van der Waals surface area contributed by atoms with Gasteiger partial charge in [-0.3, -0.25) is 4.79 Å². The Hall–Kier alpha value is -1.21. The van der Waals surface area contributed by atoms with Crippen molar-refractivity contribution in [2.75, 3.05) is 26.4 Å². The lowest BCUT2D eigenvalue weighted by atomic mass is 9.96. The average molecular weight is 900 g/mol. The highest BCUT2D eigenvalue weighted by atomic mass is 16.8. The fourth-order valence-corrected chi connectivity index (χ4v) is 8.19. The lowest BCUT2D eigenvalue weighted by Gasteiger charge is -2.48. The Morgan fingerprint density at radius 2 is 0.919 bits per heavy atom. The van der Waals surface area contributed by atoms with Crippen molar-refractivity contribution in [2.45, 2.75) is 240 Å². The van der Waals surface area contributed by atoms with E-state index >= 15 is 0 Å². The molecule has 19 heteroatoms. The van der Waals surface area contributed by atoms with Crippen molar-refractivity contribution in [3.63, 3.8) is 0 Å². The molecule has 0 aromatic heterocycles. The summed E-state index contributed by atoms with van der Waals surface area (Å²) in [4.78, 5) is 12.9. The van der Waals surface area contributed by atoms with Crippen LogP contribution in [0.4, 0.5) is 0 Å². The zero-order valence-corrected chi connectivity index (χ0v) is 36.9. The minimum absolute atomic E-state index is 0.260. The van der Waals surface area contributed by atoms with E-state index in [2.05, 4.69) is 19.2 Å². The topological polar surface area (TPSA) is 307 Å². The SMILES string of the molecule is CCCCCCCCCCCCCCCC(O)C(COC1OC(CO)C(OC2OC(CO)C(OC3OC(CO)C(O)C(O)C3O)C(O)C2O)C(O)C1O)NC(=O)CCCCCC. The standard InChI is InChI=1S/C43H81NO18/c1-3-5-7-9-10-11-12-13-14-15-16-17-18-20-27(48)26(44-31(49)21-19-8-6-4-2)25-57-41-37(55)34(52)39(29(23-46)59-41)62-43-38(56)35(53)40(30(24-47)60-43)61-42-36(54)33(51)32(50)28(22-45)58-42/h26-30,32-43,45-48,50-56H,3-25H2,1-2H3,(H,44,49). The summed E-state index contributed by atoms with van der Waals surface area (Å²) in [7, 11) is 0. The molecular weight excluding hydrogens is 818 g/mol. The fraction of sp³-hybridized carbons (Fsp3) is 0.977. The summed E-state index contributed by atoms with van der Waals surface area (Å²) in [6.07, 6.45) is -6.92. The average Bonchev–Trinajstić information content (AvgIpc) is 3.27. The van der Waals surface area contributed by atoms with Crippen LogP contribution in [-0.2, 0) is 33.2 Å². The van der Waals surface area contributed by atoms with Crippen molar-refractivity contribution in [1.29, 1.82) is 0 Å². The Kier molecular flexibility index (Phi) is 26.8. The van der Waals surface area contributed by atoms with Gasteiger partial charge in [-0.15, -0.1) is 0 Å². The maximum absolute atomic E-state index is 12.9. The number of amides is 1. The Labute approximate surface area is 366 Å². The molecule has 3 aliphatic rings. The maximum Gasteiger partial charge on any atom is 0.220 e. The van der Waals surface area contributed by atoms with Gasteiger partial charge in [0, 0.05) is 6.42 Å². The number of carbonyl (C=O) groups excluding carboxylic acids is 1. The van der Waals surface area contributed by atoms with E-state index in [0.717, 1.165) is 44.9 Å². The van der Waals surface area contributed by atoms with Gasteiger partial charge in [0.1, 0.15) is 73.2 Å². The molecule has 17 atom stereocenters. The second-order valence-corrected chi connectivity index (χ2v) is 17.2. The van der Waals surface area contributed by atoms with Crippen LogP contribution in [0.15, 0.2) is 0 Å². The van der Waals surface area contributed by atoms with Gasteiger partial charge in [0.25, 0.3) is 0 Å². The number of rotatable bonds is 31. The highest BCUT2D eigenvalue weighted by Crippen LogP contribution is 2.33. The van der Waals surface area contributed by atoms with Crippen LogP contribution in [0.2, 0.25) is 0 Å². The highest BCUT2D eigenvalue weighted by molar-refractivity contribution is 5.76. The number of aliphatic hydroxyl groups excluding tert-OH is 11. The summed E-state index contributed by atoms with van der Waals surface area (Å²) in [5, 5.41) is 119. The molecule has 0 aliphatic carbocycles. The van der Waals surface area contributed by atoms with Crippen LogP contribution in [-0.4, -0.2) is 193 Å². The molecule has 3 heterocycles. The summed E-state index contributed by atoms with van der Waals surface area (Å²) in [6, 6.07) is -0.874. The van der Waals surface area contributed by atoms with Crippen LogP contribution >= 0.6 is 0 Å². The van der Waals surface area contributed by atoms with E-state index in [1.807, 2.05) is 0 Å². The monoisotopic (exact) mass is 900 g/mol. The Bertz CT molecular complexity index is 1170. The molecule has 3 fully saturated rings. The third kappa shape index (κ3) is 17.2. The van der Waals surface area contributed by atoms with E-state index in [1.54, 1.807) is 0 Å². The molecule has 17 unspecified atom stereocenters. The molecule has 12 N–H and O–H groups in total. The van der Waals surface area contributed by atoms with E-state index in [9.17, 15) is 61.0 Å². The minimum atomic E-state index is -1.96. The van der Waals surface area contributed by atoms with E-state index in [1.165, 1.54) is 57.8 Å². The van der Waals surface area contributed by atoms with Crippen LogP contribution in [0, 0.1) is 0 Å². The molecule has 1 amide bonds. The van der Waals surface area contributed by atoms with Crippen molar-refractivity contribution in [2.24, 2.45) is 0 Å². The van der Waals surface area contributed by atoms with Crippen molar-refractivity contribution in [3.05, 3.63) is 0 Å². The number of nitrogens with one attached hydrogen (secondary N) is 1. The molecule has 0 aromatic carbocycles. The number of hydrogen-bond donors (Lipinski definition) is 12. The van der Waals surface area contributed by atoms with Gasteiger partial charge in [-0.05, 0) is 12.8 Å². The Morgan fingerprint density at radius 1 is 0.516 bits per heavy atom. The molecule has 3 aliphatic heterocycles. The van der Waals surface area contributed by atoms with Crippen molar-refractivity contribution < 1.29 is 89.4 Å². The van der Waals surface area contributed by atoms with Gasteiger partial charge in [-0.25, -0.2) is 0 Å². The molecule has 62 heavy (non-hydrogen) atoms. The number of carbonyl (C=O) groups is 1. The molecule has 366 valence electrons. The van der Waals surface area contributed by atoms with E-state index < -0.39 is 124 Å². The fourth-order valence-electron chi connectivity index (χ4n) is 8.19. The number of unbranched alkanes of at least 4 members (excludes halogenated alkanes) is 15. The third-order valence-corrected chi connectivity index (χ3v) is 12.2. The summed E-state index contributed by atoms with van der Waals surface area (Å²) in [5.41, 5.74) is 0. The number of aliphatic hydroxyl groups is 11. The van der Waals surface area contributed by atoms with Crippen molar-refractivity contribution in [1.82, 2.24) is 5.32 Å². The van der Waals surface area contributed by atoms with Crippen LogP contribution in [0.5, 0.6) is 0 Å². The van der Waals surface area contributed by atoms with E-state index in [-0.39, 0.29) is 18.9 Å². The highest BCUT2D eigenvalue weighted by Gasteiger charge is 2.53. The van der Waals surface area contributed by atoms with Gasteiger partial charge in [0.2, 0.25) is 5.91 Å². The van der Waals surface area contributed by atoms with Gasteiger partial charge in [-0.1, -0.05) is 117 Å². The second kappa shape index (κ2) is 30.1. The van der Waals surface area contributed by atoms with Gasteiger partial charge in [-0.2, -0.15) is 0 Å². The maximum atomic E-state index is 12.9. The molecule has 0 radical (unpaired) electrons. The smallest absolute Gasteiger partial charge is 0.220 e. The predicted molar refractivity (Wildman–Crippen MR) is 222 cm³/mol. The van der Waals surface area contributed by atoms with Crippen LogP contribution in [0.3, 0.4) is 0 Å². The largest absolute Gasteiger partial charge is 0.394 e. The summed E-state index contributed by atoms with van der Waals surface area (Å²) >= 11 is 0. The zero-order valence-electron chi connectivity index (χ0n) is 36.9. The molecule has 19 nitrogen and oxygen atoms in total. The third-order valence-electron chi connectivity index (χ3n) is 12.2. The van der Waals surface area contributed by atoms with E-state index in [0.29, 0.717) is 12.8 Å². The summed E-state index contributed by atoms with van der Waals surface area (Å²) in [5.74, 6) is -0.263. The van der Waals surface area contributed by atoms with Crippen LogP contribution in [0.25, 0.3) is 0 Å². The molecule has 3 saturated heterocycles. The minimum Gasteiger partial charge on any atom is -0.394 e. The second-order valence-electron chi connectivity index (χ2n) is 17.2. The Balaban J connectivity index is 1.55. The lowest BCUT2D eigenvalue weighted by Crippen LogP contribution is -2.66. The molecule has 0 bridgehead atoms. The van der Waals surface area contributed by atoms with Gasteiger partial charge < -0.3 is 89.9 Å². The zero-order chi connectivity index (χ0) is 45.6. The molecule has 0 saturated carbocycles. The quantitative estimate of drug-likeness (QED) is 0.0399. The predicted octanol–water partition coefficient (Wildman–Crippen LogP) is -0.251. The van der Waals surface area contributed by atoms with Gasteiger partial charge in [0.05, 0.1) is 38.6 Å². The molecule has 0 spiro atoms. The van der Waals surface area contributed by atoms with Gasteiger partial charge >= 0.3 is 0 Å². The van der Waals surface area contributed by atoms with E-state index in [4.69, 9.17) is 28.4 Å². The first-order valence-electron chi connectivity index (χ1n) is 23.3. The molecular formula is C43H81NO18. The first-order chi connectivity index (χ1) is 29.8. The van der Waals surface area contributed by atoms with Gasteiger partial charge in [0.15, 0.2) is 18.9 Å². The first kappa shape index (κ1) is 55.1. The lowest BCUT2D eigenvalue weighted by molar-refractivity contribution is -0.379. The summed E-state index contributed by atoms with van der Waals surface area (Å²) < 4.78 is 33.9.